The first-order valence-corrected chi connectivity index (χ1v) is 5.56. The summed E-state index contributed by atoms with van der Waals surface area (Å²) in [5, 5.41) is 15.7. The van der Waals surface area contributed by atoms with Gasteiger partial charge in [0.15, 0.2) is 0 Å². The zero-order valence-electron chi connectivity index (χ0n) is 9.72. The number of aromatic nitrogens is 3. The van der Waals surface area contributed by atoms with Crippen LogP contribution in [0.25, 0.3) is 0 Å². The van der Waals surface area contributed by atoms with Gasteiger partial charge in [-0.15, -0.1) is 5.10 Å². The van der Waals surface area contributed by atoms with E-state index in [0.29, 0.717) is 22.0 Å². The number of nitrogens with one attached hydrogen (secondary N) is 1. The quantitative estimate of drug-likeness (QED) is 0.645. The van der Waals surface area contributed by atoms with E-state index < -0.39 is 0 Å². The zero-order chi connectivity index (χ0) is 13.1. The second-order valence-corrected chi connectivity index (χ2v) is 4.16. The fourth-order valence-electron chi connectivity index (χ4n) is 1.45. The van der Waals surface area contributed by atoms with Crippen LogP contribution < -0.4 is 10.5 Å². The Balaban J connectivity index is 2.17. The molecule has 0 fully saturated rings. The minimum absolute atomic E-state index is 0.0687. The molecule has 7 heteroatoms. The lowest BCUT2D eigenvalue weighted by Gasteiger charge is -2.09. The van der Waals surface area contributed by atoms with Crippen LogP contribution in [0.1, 0.15) is 11.3 Å². The summed E-state index contributed by atoms with van der Waals surface area (Å²) < 4.78 is 7.14. The molecule has 0 aliphatic carbocycles. The van der Waals surface area contributed by atoms with Crippen molar-refractivity contribution in [2.75, 3.05) is 0 Å². The maximum Gasteiger partial charge on any atom is 0.134 e. The van der Waals surface area contributed by atoms with Crippen LogP contribution in [0.15, 0.2) is 24.4 Å². The lowest BCUT2D eigenvalue weighted by molar-refractivity contribution is 0.300. The minimum atomic E-state index is -0.0687. The number of nitrogens with zero attached hydrogens (tertiary/aromatic N) is 3. The third kappa shape index (κ3) is 2.78. The Bertz CT molecular complexity index is 581. The van der Waals surface area contributed by atoms with Crippen LogP contribution in [0.2, 0.25) is 5.02 Å². The van der Waals surface area contributed by atoms with Crippen molar-refractivity contribution >= 4 is 17.4 Å². The molecule has 2 aromatic rings. The highest BCUT2D eigenvalue weighted by molar-refractivity contribution is 6.30. The van der Waals surface area contributed by atoms with Crippen molar-refractivity contribution in [3.63, 3.8) is 0 Å². The molecule has 0 radical (unpaired) electrons. The Morgan fingerprint density at radius 1 is 1.56 bits per heavy atom. The first-order valence-electron chi connectivity index (χ1n) is 5.18. The van der Waals surface area contributed by atoms with Gasteiger partial charge in [-0.05, 0) is 18.2 Å². The number of nitrogens with two attached hydrogens (primary N) is 1. The number of rotatable bonds is 4. The van der Waals surface area contributed by atoms with E-state index in [1.807, 2.05) is 0 Å². The van der Waals surface area contributed by atoms with Crippen LogP contribution >= 0.6 is 11.6 Å². The smallest absolute Gasteiger partial charge is 0.134 e. The summed E-state index contributed by atoms with van der Waals surface area (Å²) in [4.78, 5) is 0. The third-order valence-corrected chi connectivity index (χ3v) is 2.49. The van der Waals surface area contributed by atoms with Gasteiger partial charge in [-0.2, -0.15) is 0 Å². The molecule has 0 saturated heterocycles. The average molecular weight is 266 g/mol. The van der Waals surface area contributed by atoms with Crippen molar-refractivity contribution in [1.82, 2.24) is 15.0 Å². The molecule has 0 saturated carbocycles. The molecule has 0 unspecified atom stereocenters. The van der Waals surface area contributed by atoms with Crippen molar-refractivity contribution in [2.45, 2.75) is 6.61 Å². The van der Waals surface area contributed by atoms with Gasteiger partial charge in [-0.3, -0.25) is 10.1 Å². The second-order valence-electron chi connectivity index (χ2n) is 3.73. The van der Waals surface area contributed by atoms with E-state index in [-0.39, 0.29) is 12.4 Å². The number of benzene rings is 1. The average Bonchev–Trinajstić information content (AvgIpc) is 2.72. The molecule has 0 amide bonds. The van der Waals surface area contributed by atoms with Crippen LogP contribution in [0.4, 0.5) is 0 Å². The van der Waals surface area contributed by atoms with Gasteiger partial charge in [0.05, 0.1) is 11.8 Å². The van der Waals surface area contributed by atoms with E-state index >= 15 is 0 Å². The summed E-state index contributed by atoms with van der Waals surface area (Å²) >= 11 is 5.88. The van der Waals surface area contributed by atoms with Crippen LogP contribution in [0.3, 0.4) is 0 Å². The predicted octanol–water partition coefficient (Wildman–Crippen LogP) is 1.33. The summed E-state index contributed by atoms with van der Waals surface area (Å²) in [6.07, 6.45) is 1.75. The molecule has 0 aliphatic heterocycles. The van der Waals surface area contributed by atoms with E-state index in [1.54, 1.807) is 36.1 Å². The van der Waals surface area contributed by atoms with Gasteiger partial charge in [0.25, 0.3) is 0 Å². The van der Waals surface area contributed by atoms with E-state index in [0.717, 1.165) is 0 Å². The molecule has 1 aromatic heterocycles. The number of aryl methyl sites for hydroxylation is 1. The lowest BCUT2D eigenvalue weighted by Crippen LogP contribution is -2.13. The van der Waals surface area contributed by atoms with E-state index in [1.165, 1.54) is 0 Å². The highest BCUT2D eigenvalue weighted by Gasteiger charge is 2.08. The maximum absolute atomic E-state index is 7.46. The normalized spacial score (nSPS) is 10.3. The molecule has 1 heterocycles. The summed E-state index contributed by atoms with van der Waals surface area (Å²) in [6.45, 7) is 0.245. The number of hydrogen-bond donors (Lipinski definition) is 2. The van der Waals surface area contributed by atoms with Gasteiger partial charge in [0.1, 0.15) is 23.9 Å². The number of halogens is 1. The first-order chi connectivity index (χ1) is 8.56. The second kappa shape index (κ2) is 5.05. The molecule has 0 atom stereocenters. The summed E-state index contributed by atoms with van der Waals surface area (Å²) in [6, 6.07) is 4.93. The number of amidine groups is 1. The number of hydrogen-bond acceptors (Lipinski definition) is 4. The SMILES string of the molecule is Cn1cc(COc2cc(Cl)ccc2C(=N)N)nn1. The topological polar surface area (TPSA) is 89.8 Å². The zero-order valence-corrected chi connectivity index (χ0v) is 10.5. The Labute approximate surface area is 109 Å². The standard InChI is InChI=1S/C11H12ClN5O/c1-17-5-8(15-16-17)6-18-10-4-7(12)2-3-9(10)11(13)14/h2-5H,6H2,1H3,(H3,13,14). The van der Waals surface area contributed by atoms with Crippen molar-refractivity contribution in [1.29, 1.82) is 5.41 Å². The lowest BCUT2D eigenvalue weighted by atomic mass is 10.2. The number of ether oxygens (including phenoxy) is 1. The third-order valence-electron chi connectivity index (χ3n) is 2.26. The van der Waals surface area contributed by atoms with Crippen molar-refractivity contribution in [3.8, 4) is 5.75 Å². The first kappa shape index (κ1) is 12.4. The van der Waals surface area contributed by atoms with Crippen LogP contribution in [-0.2, 0) is 13.7 Å². The maximum atomic E-state index is 7.46. The van der Waals surface area contributed by atoms with Crippen LogP contribution in [-0.4, -0.2) is 20.8 Å². The van der Waals surface area contributed by atoms with Gasteiger partial charge in [-0.25, -0.2) is 0 Å². The Kier molecular flexibility index (Phi) is 3.47. The van der Waals surface area contributed by atoms with Gasteiger partial charge >= 0.3 is 0 Å². The molecule has 3 N–H and O–H groups in total. The Hall–Kier alpha value is -2.08. The molecule has 0 spiro atoms. The molecule has 0 aliphatic rings. The molecule has 0 bridgehead atoms. The molecular weight excluding hydrogens is 254 g/mol. The highest BCUT2D eigenvalue weighted by atomic mass is 35.5. The largest absolute Gasteiger partial charge is 0.486 e. The Morgan fingerprint density at radius 2 is 2.33 bits per heavy atom. The fourth-order valence-corrected chi connectivity index (χ4v) is 1.61. The summed E-state index contributed by atoms with van der Waals surface area (Å²) in [5.74, 6) is 0.390. The number of nitrogen functional groups attached to an aromatic ring is 1. The Morgan fingerprint density at radius 3 is 2.94 bits per heavy atom. The molecule has 2 rings (SSSR count). The molecule has 6 nitrogen and oxygen atoms in total. The van der Waals surface area contributed by atoms with Gasteiger partial charge in [-0.1, -0.05) is 16.8 Å². The van der Waals surface area contributed by atoms with E-state index in [4.69, 9.17) is 27.5 Å². The molecule has 94 valence electrons. The van der Waals surface area contributed by atoms with Crippen molar-refractivity contribution in [3.05, 3.63) is 40.7 Å². The molecular formula is C11H12ClN5O. The summed E-state index contributed by atoms with van der Waals surface area (Å²) in [5.41, 5.74) is 6.66. The fraction of sp³-hybridized carbons (Fsp3) is 0.182. The van der Waals surface area contributed by atoms with Crippen LogP contribution in [0, 0.1) is 5.41 Å². The monoisotopic (exact) mass is 265 g/mol. The molecule has 1 aromatic carbocycles. The van der Waals surface area contributed by atoms with Gasteiger partial charge in [0, 0.05) is 12.1 Å². The van der Waals surface area contributed by atoms with Crippen LogP contribution in [0.5, 0.6) is 5.75 Å². The molecule has 18 heavy (non-hydrogen) atoms. The van der Waals surface area contributed by atoms with Gasteiger partial charge < -0.3 is 10.5 Å². The predicted molar refractivity (Wildman–Crippen MR) is 67.8 cm³/mol. The van der Waals surface area contributed by atoms with Gasteiger partial charge in [0.2, 0.25) is 0 Å². The minimum Gasteiger partial charge on any atom is -0.486 e. The van der Waals surface area contributed by atoms with Crippen molar-refractivity contribution in [2.24, 2.45) is 12.8 Å². The van der Waals surface area contributed by atoms with Crippen molar-refractivity contribution < 1.29 is 4.74 Å². The van der Waals surface area contributed by atoms with E-state index in [9.17, 15) is 0 Å². The summed E-state index contributed by atoms with van der Waals surface area (Å²) in [7, 11) is 1.77. The highest BCUT2D eigenvalue weighted by Crippen LogP contribution is 2.23. The van der Waals surface area contributed by atoms with E-state index in [2.05, 4.69) is 10.3 Å².